The molecule has 76 valence electrons. The number of carboxylic acids is 1. The number of carboxylic acid groups (broad SMARTS) is 1. The van der Waals surface area contributed by atoms with E-state index >= 15 is 0 Å². The molecule has 0 fully saturated rings. The van der Waals surface area contributed by atoms with Crippen molar-refractivity contribution in [2.75, 3.05) is 0 Å². The van der Waals surface area contributed by atoms with Gasteiger partial charge in [-0.25, -0.2) is 4.73 Å². The first-order valence-electron chi connectivity index (χ1n) is 3.00. The predicted molar refractivity (Wildman–Crippen MR) is 37.2 cm³/mol. The molecule has 1 heterocycles. The quantitative estimate of drug-likeness (QED) is 0.283. The van der Waals surface area contributed by atoms with E-state index in [9.17, 15) is 14.8 Å². The normalized spacial score (nSPS) is 8.00. The Balaban J connectivity index is 0. The van der Waals surface area contributed by atoms with Gasteiger partial charge in [0.15, 0.2) is 6.20 Å². The Morgan fingerprint density at radius 1 is 1.57 bits per heavy atom. The van der Waals surface area contributed by atoms with Crippen LogP contribution in [0.5, 0.6) is 0 Å². The van der Waals surface area contributed by atoms with Gasteiger partial charge < -0.3 is 15.1 Å². The van der Waals surface area contributed by atoms with E-state index in [1.54, 1.807) is 0 Å². The molecule has 1 rings (SSSR count). The second kappa shape index (κ2) is 5.43. The average molecular weight is 597 g/mol. The second-order valence-electron chi connectivity index (χ2n) is 2.00. The first kappa shape index (κ1) is 14.3. The summed E-state index contributed by atoms with van der Waals surface area (Å²) in [6.45, 7) is 0. The van der Waals surface area contributed by atoms with E-state index in [0.717, 1.165) is 6.20 Å². The third-order valence-electron chi connectivity index (χ3n) is 1.27. The molecule has 0 aliphatic heterocycles. The van der Waals surface area contributed by atoms with Gasteiger partial charge in [-0.15, -0.1) is 6.07 Å². The standard InChI is InChI=1S/C7H4NO4.Cm.W/c9-4-5-2-1-3-8(12)6(5)7(10)11;;/h1-3H,(H,10,11);;/q-1;;. The van der Waals surface area contributed by atoms with Crippen LogP contribution in [0.3, 0.4) is 0 Å². The third kappa shape index (κ3) is 2.38. The first-order valence-corrected chi connectivity index (χ1v) is 3.00. The van der Waals surface area contributed by atoms with Gasteiger partial charge in [-0.05, 0) is 0 Å². The summed E-state index contributed by atoms with van der Waals surface area (Å²) in [6.07, 6.45) is 2.37. The SMILES string of the molecule is O=[C-]c1ccc[n+]([O-])c1C(=O)O.[Cm].[W]. The molecule has 7 heteroatoms. The summed E-state index contributed by atoms with van der Waals surface area (Å²) in [6, 6.07) is 2.49. The molecule has 0 atom stereocenters. The predicted octanol–water partition coefficient (Wildman–Crippen LogP) is -0.527. The van der Waals surface area contributed by atoms with Gasteiger partial charge in [0.25, 0.3) is 0 Å². The first-order chi connectivity index (χ1) is 5.66. The molecule has 0 aliphatic carbocycles. The largest absolute Gasteiger partial charge is 0.629 e. The topological polar surface area (TPSA) is 81.3 Å². The Kier molecular flexibility index (Phi) is 5.55. The minimum atomic E-state index is -1.44. The Hall–Kier alpha value is -2.22. The zero-order valence-electron chi connectivity index (χ0n) is 6.61. The fourth-order valence-electron chi connectivity index (χ4n) is 0.781. The molecule has 1 N–H and O–H groups in total. The summed E-state index contributed by atoms with van der Waals surface area (Å²) in [4.78, 5) is 20.5. The van der Waals surface area contributed by atoms with Gasteiger partial charge >= 0.3 is 5.97 Å². The number of hydrogen-bond donors (Lipinski definition) is 1. The maximum atomic E-state index is 10.8. The second-order valence-corrected chi connectivity index (χ2v) is 2.00. The van der Waals surface area contributed by atoms with Crippen LogP contribution in [0.25, 0.3) is 0 Å². The van der Waals surface area contributed by atoms with Crippen molar-refractivity contribution in [2.45, 2.75) is 0 Å². The summed E-state index contributed by atoms with van der Waals surface area (Å²) < 4.78 is 0.114. The molecule has 0 unspecified atom stereocenters. The number of carbonyl (C=O) groups is 1. The van der Waals surface area contributed by atoms with Crippen molar-refractivity contribution in [2.24, 2.45) is 0 Å². The van der Waals surface area contributed by atoms with Crippen LogP contribution in [-0.2, 0) is 25.9 Å². The molecule has 0 bridgehead atoms. The van der Waals surface area contributed by atoms with Gasteiger partial charge in [-0.3, -0.25) is 4.79 Å². The van der Waals surface area contributed by atoms with Gasteiger partial charge in [-0.1, -0.05) is 11.6 Å². The number of aromatic carboxylic acids is 1. The van der Waals surface area contributed by atoms with Crippen molar-refractivity contribution >= 4 is 12.3 Å². The van der Waals surface area contributed by atoms with E-state index in [4.69, 9.17) is 5.11 Å². The molecule has 1 aromatic heterocycles. The fraction of sp³-hybridized carbons (Fsp3) is 0. The summed E-state index contributed by atoms with van der Waals surface area (Å²) >= 11 is 0. The summed E-state index contributed by atoms with van der Waals surface area (Å²) in [5.41, 5.74) is -0.854. The molecule has 0 spiro atoms. The summed E-state index contributed by atoms with van der Waals surface area (Å²) in [5, 5.41) is 19.3. The molecule has 5 nitrogen and oxygen atoms in total. The molecular weight excluding hydrogens is 593 g/mol. The van der Waals surface area contributed by atoms with E-state index in [-0.39, 0.29) is 31.4 Å². The van der Waals surface area contributed by atoms with Gasteiger partial charge in [0.1, 0.15) is 0 Å². The van der Waals surface area contributed by atoms with Crippen molar-refractivity contribution < 1.29 is 40.5 Å². The minimum absolute atomic E-state index is 0. The Morgan fingerprint density at radius 3 is 2.50 bits per heavy atom. The van der Waals surface area contributed by atoms with Crippen molar-refractivity contribution in [1.29, 1.82) is 0 Å². The smallest absolute Gasteiger partial charge is 0.344 e. The van der Waals surface area contributed by atoms with Crippen molar-refractivity contribution in [3.63, 3.8) is 0 Å². The van der Waals surface area contributed by atoms with E-state index in [1.165, 1.54) is 18.4 Å². The van der Waals surface area contributed by atoms with Crippen LogP contribution in [0.15, 0.2) is 18.3 Å². The maximum Gasteiger partial charge on any atom is 0.344 e. The maximum absolute atomic E-state index is 10.8. The van der Waals surface area contributed by atoms with Gasteiger partial charge in [-0.2, -0.15) is 0 Å². The number of rotatable bonds is 2. The van der Waals surface area contributed by atoms with Crippen LogP contribution in [0.2, 0.25) is 0 Å². The van der Waals surface area contributed by atoms with Crippen molar-refractivity contribution in [3.8, 4) is 0 Å². The Labute approximate surface area is 87.8 Å². The number of pyridine rings is 1. The van der Waals surface area contributed by atoms with Crippen LogP contribution < -0.4 is 4.73 Å². The summed E-state index contributed by atoms with van der Waals surface area (Å²) in [7, 11) is 0. The van der Waals surface area contributed by atoms with Crippen molar-refractivity contribution in [3.05, 3.63) is 34.8 Å². The molecule has 1 aromatic rings. The van der Waals surface area contributed by atoms with Gasteiger partial charge in [0.2, 0.25) is 5.69 Å². The van der Waals surface area contributed by atoms with E-state index in [0.29, 0.717) is 0 Å². The van der Waals surface area contributed by atoms with Crippen LogP contribution in [-0.4, -0.2) is 17.4 Å². The van der Waals surface area contributed by atoms with Crippen LogP contribution >= 0.6 is 0 Å². The summed E-state index contributed by atoms with van der Waals surface area (Å²) in [5.74, 6) is -1.44. The molecule has 0 aliphatic rings. The number of nitrogens with zero attached hydrogens (tertiary/aromatic N) is 1. The number of carbonyl (C=O) groups excluding carboxylic acids is 1. The molecule has 0 aromatic carbocycles. The molecule has 0 radical (unpaired) electrons. The zero-order valence-corrected chi connectivity index (χ0v) is 12.5. The molecule has 0 amide bonds. The van der Waals surface area contributed by atoms with Crippen LogP contribution in [0.4, 0.5) is 0 Å². The minimum Gasteiger partial charge on any atom is -0.629 e. The Morgan fingerprint density at radius 2 is 2.14 bits per heavy atom. The average Bonchev–Trinajstić information content (AvgIpc) is 2.03. The van der Waals surface area contributed by atoms with Crippen molar-refractivity contribution in [1.82, 2.24) is 0 Å². The monoisotopic (exact) mass is 593 g/mol. The molecular formula is C7H4CmNO4W-. The fourth-order valence-corrected chi connectivity index (χ4v) is 0.781. The number of aromatic nitrogens is 1. The van der Waals surface area contributed by atoms with Crippen LogP contribution in [0, 0.1) is 5.21 Å². The van der Waals surface area contributed by atoms with E-state index in [2.05, 4.69) is 0 Å². The van der Waals surface area contributed by atoms with E-state index < -0.39 is 11.7 Å². The van der Waals surface area contributed by atoms with Crippen LogP contribution in [0.1, 0.15) is 16.1 Å². The van der Waals surface area contributed by atoms with E-state index in [1.807, 2.05) is 0 Å². The molecule has 0 saturated carbocycles. The zero-order chi connectivity index (χ0) is 9.14. The molecule has 14 heavy (non-hydrogen) atoms. The molecule has 0 saturated heterocycles. The number of hydrogen-bond acceptors (Lipinski definition) is 3. The van der Waals surface area contributed by atoms with Gasteiger partial charge in [0.05, 0.1) is 6.29 Å². The third-order valence-corrected chi connectivity index (χ3v) is 1.27. The Bertz CT molecular complexity index is 344. The van der Waals surface area contributed by atoms with Gasteiger partial charge in [0, 0.05) is 21.1 Å².